The molecule has 0 aromatic carbocycles. The molecule has 1 rings (SSSR count). The molecule has 0 saturated carbocycles. The van der Waals surface area contributed by atoms with Gasteiger partial charge in [-0.3, -0.25) is 18.7 Å². The summed E-state index contributed by atoms with van der Waals surface area (Å²) in [6.07, 6.45) is 1.39. The number of carbonyl (C=O) groups is 1. The molecule has 1 aromatic rings. The number of nitriles is 1. The number of hydrogen-bond acceptors (Lipinski definition) is 5. The lowest BCUT2D eigenvalue weighted by Gasteiger charge is -2.15. The summed E-state index contributed by atoms with van der Waals surface area (Å²) in [5, 5.41) is 11.6. The van der Waals surface area contributed by atoms with Gasteiger partial charge in [0.15, 0.2) is 5.78 Å². The highest BCUT2D eigenvalue weighted by molar-refractivity contribution is 6.01. The Morgan fingerprint density at radius 3 is 2.50 bits per heavy atom. The fourth-order valence-corrected chi connectivity index (χ4v) is 1.85. The first-order valence-electron chi connectivity index (χ1n) is 6.39. The van der Waals surface area contributed by atoms with Crippen molar-refractivity contribution in [2.45, 2.75) is 26.2 Å². The fourth-order valence-electron chi connectivity index (χ4n) is 1.85. The summed E-state index contributed by atoms with van der Waals surface area (Å²) in [5.41, 5.74) is -1.32. The lowest BCUT2D eigenvalue weighted by molar-refractivity contribution is 0.0995. The van der Waals surface area contributed by atoms with Crippen LogP contribution in [-0.2, 0) is 14.1 Å². The Labute approximate surface area is 116 Å². The lowest BCUT2D eigenvalue weighted by atomic mass is 10.1. The van der Waals surface area contributed by atoms with E-state index < -0.39 is 23.5 Å². The SMILES string of the molecule is CCCCNc1c(C(=O)CC#N)c(=O)n(C)c(=O)n1C. The van der Waals surface area contributed by atoms with E-state index in [1.165, 1.54) is 18.7 Å². The Bertz CT molecular complexity index is 664. The Morgan fingerprint density at radius 2 is 1.95 bits per heavy atom. The van der Waals surface area contributed by atoms with Crippen LogP contribution in [0.15, 0.2) is 9.59 Å². The second-order valence-electron chi connectivity index (χ2n) is 4.47. The minimum Gasteiger partial charge on any atom is -0.371 e. The number of rotatable bonds is 6. The fraction of sp³-hybridized carbons (Fsp3) is 0.538. The molecular formula is C13H18N4O3. The molecule has 0 fully saturated rings. The van der Waals surface area contributed by atoms with Crippen LogP contribution in [0.25, 0.3) is 0 Å². The summed E-state index contributed by atoms with van der Waals surface area (Å²) >= 11 is 0. The number of aromatic nitrogens is 2. The molecule has 1 aromatic heterocycles. The van der Waals surface area contributed by atoms with Crippen LogP contribution in [-0.4, -0.2) is 21.5 Å². The van der Waals surface area contributed by atoms with E-state index >= 15 is 0 Å². The molecule has 0 unspecified atom stereocenters. The minimum absolute atomic E-state index is 0.132. The molecular weight excluding hydrogens is 260 g/mol. The van der Waals surface area contributed by atoms with Crippen molar-refractivity contribution in [3.05, 3.63) is 26.4 Å². The van der Waals surface area contributed by atoms with Crippen molar-refractivity contribution >= 4 is 11.6 Å². The molecule has 0 atom stereocenters. The predicted octanol–water partition coefficient (Wildman–Crippen LogP) is 0.392. The minimum atomic E-state index is -0.674. The van der Waals surface area contributed by atoms with E-state index in [0.29, 0.717) is 6.54 Å². The normalized spacial score (nSPS) is 10.1. The molecule has 1 heterocycles. The van der Waals surface area contributed by atoms with Crippen LogP contribution in [0.1, 0.15) is 36.5 Å². The summed E-state index contributed by atoms with van der Waals surface area (Å²) < 4.78 is 2.09. The number of ketones is 1. The van der Waals surface area contributed by atoms with Gasteiger partial charge in [0.2, 0.25) is 0 Å². The van der Waals surface area contributed by atoms with Gasteiger partial charge in [-0.2, -0.15) is 5.26 Å². The van der Waals surface area contributed by atoms with Crippen LogP contribution < -0.4 is 16.6 Å². The Kier molecular flexibility index (Phi) is 5.26. The predicted molar refractivity (Wildman–Crippen MR) is 74.9 cm³/mol. The van der Waals surface area contributed by atoms with Crippen LogP contribution in [0.5, 0.6) is 0 Å². The van der Waals surface area contributed by atoms with Crippen LogP contribution in [0.2, 0.25) is 0 Å². The van der Waals surface area contributed by atoms with Crippen LogP contribution >= 0.6 is 0 Å². The molecule has 0 saturated heterocycles. The quantitative estimate of drug-likeness (QED) is 0.600. The van der Waals surface area contributed by atoms with Gasteiger partial charge in [-0.15, -0.1) is 0 Å². The first-order valence-corrected chi connectivity index (χ1v) is 6.39. The molecule has 0 amide bonds. The van der Waals surface area contributed by atoms with E-state index in [1.807, 2.05) is 6.92 Å². The van der Waals surface area contributed by atoms with Crippen molar-refractivity contribution < 1.29 is 4.79 Å². The number of unbranched alkanes of at least 4 members (excludes halogenated alkanes) is 1. The molecule has 0 bridgehead atoms. The number of hydrogen-bond donors (Lipinski definition) is 1. The molecule has 7 heteroatoms. The highest BCUT2D eigenvalue weighted by atomic mass is 16.2. The van der Waals surface area contributed by atoms with E-state index in [9.17, 15) is 14.4 Å². The third-order valence-electron chi connectivity index (χ3n) is 3.01. The molecule has 0 aliphatic rings. The maximum absolute atomic E-state index is 12.1. The van der Waals surface area contributed by atoms with Crippen molar-refractivity contribution in [1.82, 2.24) is 9.13 Å². The van der Waals surface area contributed by atoms with Gasteiger partial charge in [-0.1, -0.05) is 13.3 Å². The van der Waals surface area contributed by atoms with Crippen LogP contribution in [0.4, 0.5) is 5.82 Å². The van der Waals surface area contributed by atoms with Crippen molar-refractivity contribution in [3.63, 3.8) is 0 Å². The second-order valence-corrected chi connectivity index (χ2v) is 4.47. The van der Waals surface area contributed by atoms with Crippen molar-refractivity contribution in [3.8, 4) is 6.07 Å². The summed E-state index contributed by atoms with van der Waals surface area (Å²) in [6.45, 7) is 2.55. The highest BCUT2D eigenvalue weighted by Gasteiger charge is 2.21. The summed E-state index contributed by atoms with van der Waals surface area (Å²) in [6, 6.07) is 1.73. The summed E-state index contributed by atoms with van der Waals surface area (Å²) in [5.74, 6) is -0.394. The van der Waals surface area contributed by atoms with Gasteiger partial charge in [-0.05, 0) is 6.42 Å². The van der Waals surface area contributed by atoms with Gasteiger partial charge < -0.3 is 5.32 Å². The van der Waals surface area contributed by atoms with Crippen LogP contribution in [0.3, 0.4) is 0 Å². The van der Waals surface area contributed by atoms with E-state index in [2.05, 4.69) is 5.32 Å². The zero-order valence-electron chi connectivity index (χ0n) is 11.9. The highest BCUT2D eigenvalue weighted by Crippen LogP contribution is 2.11. The zero-order chi connectivity index (χ0) is 15.3. The largest absolute Gasteiger partial charge is 0.371 e. The molecule has 7 nitrogen and oxygen atoms in total. The smallest absolute Gasteiger partial charge is 0.332 e. The van der Waals surface area contributed by atoms with Gasteiger partial charge in [0.1, 0.15) is 11.4 Å². The van der Waals surface area contributed by atoms with Gasteiger partial charge in [-0.25, -0.2) is 4.79 Å². The second kappa shape index (κ2) is 6.70. The molecule has 108 valence electrons. The zero-order valence-corrected chi connectivity index (χ0v) is 11.9. The van der Waals surface area contributed by atoms with Gasteiger partial charge in [0, 0.05) is 20.6 Å². The molecule has 0 aliphatic carbocycles. The lowest BCUT2D eigenvalue weighted by Crippen LogP contribution is -2.41. The molecule has 0 radical (unpaired) electrons. The Balaban J connectivity index is 3.45. The molecule has 0 aliphatic heterocycles. The Morgan fingerprint density at radius 1 is 1.30 bits per heavy atom. The first kappa shape index (κ1) is 15.7. The third-order valence-corrected chi connectivity index (χ3v) is 3.01. The molecule has 0 spiro atoms. The maximum Gasteiger partial charge on any atom is 0.332 e. The number of carbonyl (C=O) groups excluding carboxylic acids is 1. The average Bonchev–Trinajstić information content (AvgIpc) is 2.42. The van der Waals surface area contributed by atoms with E-state index in [0.717, 1.165) is 17.4 Å². The van der Waals surface area contributed by atoms with E-state index in [1.54, 1.807) is 6.07 Å². The Hall–Kier alpha value is -2.36. The van der Waals surface area contributed by atoms with Crippen molar-refractivity contribution in [1.29, 1.82) is 5.26 Å². The summed E-state index contributed by atoms with van der Waals surface area (Å²) in [4.78, 5) is 35.9. The summed E-state index contributed by atoms with van der Waals surface area (Å²) in [7, 11) is 2.79. The van der Waals surface area contributed by atoms with E-state index in [4.69, 9.17) is 5.26 Å². The van der Waals surface area contributed by atoms with E-state index in [-0.39, 0.29) is 11.4 Å². The van der Waals surface area contributed by atoms with Crippen molar-refractivity contribution in [2.24, 2.45) is 14.1 Å². The maximum atomic E-state index is 12.1. The third kappa shape index (κ3) is 2.96. The molecule has 20 heavy (non-hydrogen) atoms. The average molecular weight is 278 g/mol. The monoisotopic (exact) mass is 278 g/mol. The number of anilines is 1. The van der Waals surface area contributed by atoms with Gasteiger partial charge in [0.25, 0.3) is 5.56 Å². The number of nitrogens with zero attached hydrogens (tertiary/aromatic N) is 3. The molecule has 1 N–H and O–H groups in total. The topological polar surface area (TPSA) is 96.9 Å². The van der Waals surface area contributed by atoms with Crippen LogP contribution in [0, 0.1) is 11.3 Å². The number of nitrogens with one attached hydrogen (secondary N) is 1. The van der Waals surface area contributed by atoms with Gasteiger partial charge in [0.05, 0.1) is 12.5 Å². The van der Waals surface area contributed by atoms with Crippen molar-refractivity contribution in [2.75, 3.05) is 11.9 Å². The standard InChI is InChI=1S/C13H18N4O3/c1-4-5-8-15-11-10(9(18)6-7-14)12(19)17(3)13(20)16(11)2/h15H,4-6,8H2,1-3H3. The first-order chi connectivity index (χ1) is 9.45. The van der Waals surface area contributed by atoms with Gasteiger partial charge >= 0.3 is 5.69 Å². The number of Topliss-reactive ketones (excluding diaryl/α,β-unsaturated/α-hetero) is 1.